The van der Waals surface area contributed by atoms with Crippen LogP contribution in [0.1, 0.15) is 23.2 Å². The maximum Gasteiger partial charge on any atom is 0.326 e. The average Bonchev–Trinajstić information content (AvgIpc) is 2.80. The lowest BCUT2D eigenvalue weighted by Crippen LogP contribution is -2.40. The molecule has 0 aliphatic carbocycles. The van der Waals surface area contributed by atoms with Crippen molar-refractivity contribution in [2.45, 2.75) is 18.9 Å². The molecular formula is C12H11ClFNO3. The molecule has 1 aliphatic rings. The number of amides is 1. The fourth-order valence-electron chi connectivity index (χ4n) is 2.08. The second-order valence-electron chi connectivity index (χ2n) is 4.12. The molecule has 1 aromatic carbocycles. The summed E-state index contributed by atoms with van der Waals surface area (Å²) in [4.78, 5) is 24.3. The van der Waals surface area contributed by atoms with Gasteiger partial charge in [0.1, 0.15) is 11.9 Å². The van der Waals surface area contributed by atoms with Gasteiger partial charge in [0.15, 0.2) is 0 Å². The first kappa shape index (κ1) is 12.8. The lowest BCUT2D eigenvalue weighted by molar-refractivity contribution is -0.141. The molecule has 0 unspecified atom stereocenters. The molecule has 1 saturated heterocycles. The minimum absolute atomic E-state index is 0.185. The van der Waals surface area contributed by atoms with Gasteiger partial charge in [0.2, 0.25) is 0 Å². The van der Waals surface area contributed by atoms with Crippen molar-refractivity contribution in [3.8, 4) is 0 Å². The Hall–Kier alpha value is -1.62. The first-order valence-corrected chi connectivity index (χ1v) is 5.87. The van der Waals surface area contributed by atoms with E-state index in [9.17, 15) is 14.0 Å². The summed E-state index contributed by atoms with van der Waals surface area (Å²) in [5, 5.41) is 9.23. The second kappa shape index (κ2) is 4.94. The number of rotatable bonds is 2. The molecule has 96 valence electrons. The van der Waals surface area contributed by atoms with Crippen LogP contribution < -0.4 is 0 Å². The van der Waals surface area contributed by atoms with Crippen LogP contribution in [0.25, 0.3) is 0 Å². The number of carbonyl (C=O) groups excluding carboxylic acids is 1. The van der Waals surface area contributed by atoms with Gasteiger partial charge in [-0.3, -0.25) is 4.79 Å². The van der Waals surface area contributed by atoms with Crippen molar-refractivity contribution in [3.63, 3.8) is 0 Å². The number of benzene rings is 1. The summed E-state index contributed by atoms with van der Waals surface area (Å²) in [6.07, 6.45) is 0.994. The molecule has 1 heterocycles. The molecule has 0 aromatic heterocycles. The van der Waals surface area contributed by atoms with Crippen LogP contribution in [0, 0.1) is 5.82 Å². The van der Waals surface area contributed by atoms with E-state index < -0.39 is 23.7 Å². The average molecular weight is 272 g/mol. The van der Waals surface area contributed by atoms with E-state index in [1.54, 1.807) is 0 Å². The monoisotopic (exact) mass is 271 g/mol. The largest absolute Gasteiger partial charge is 0.480 e. The van der Waals surface area contributed by atoms with Crippen molar-refractivity contribution >= 4 is 23.5 Å². The molecule has 6 heteroatoms. The Labute approximate surface area is 108 Å². The number of nitrogens with zero attached hydrogens (tertiary/aromatic N) is 1. The first-order valence-electron chi connectivity index (χ1n) is 5.49. The number of carbonyl (C=O) groups is 2. The third-order valence-electron chi connectivity index (χ3n) is 2.96. The molecular weight excluding hydrogens is 261 g/mol. The molecule has 0 bridgehead atoms. The summed E-state index contributed by atoms with van der Waals surface area (Å²) in [6, 6.07) is 2.78. The molecule has 1 fully saturated rings. The summed E-state index contributed by atoms with van der Waals surface area (Å²) in [6.45, 7) is 0.321. The van der Waals surface area contributed by atoms with Crippen molar-refractivity contribution in [2.75, 3.05) is 6.54 Å². The van der Waals surface area contributed by atoms with Crippen LogP contribution in [0.15, 0.2) is 18.2 Å². The van der Waals surface area contributed by atoms with E-state index in [0.29, 0.717) is 19.4 Å². The van der Waals surface area contributed by atoms with Crippen LogP contribution in [-0.2, 0) is 4.79 Å². The van der Waals surface area contributed by atoms with Crippen molar-refractivity contribution in [1.29, 1.82) is 0 Å². The zero-order chi connectivity index (χ0) is 13.3. The molecule has 1 amide bonds. The Morgan fingerprint density at radius 1 is 1.44 bits per heavy atom. The predicted molar refractivity (Wildman–Crippen MR) is 63.1 cm³/mol. The number of likely N-dealkylation sites (tertiary alicyclic amines) is 1. The topological polar surface area (TPSA) is 57.6 Å². The fraction of sp³-hybridized carbons (Fsp3) is 0.333. The number of carboxylic acid groups (broad SMARTS) is 1. The van der Waals surface area contributed by atoms with E-state index in [2.05, 4.69) is 0 Å². The highest BCUT2D eigenvalue weighted by Crippen LogP contribution is 2.23. The molecule has 0 radical (unpaired) electrons. The van der Waals surface area contributed by atoms with E-state index in [4.69, 9.17) is 16.7 Å². The summed E-state index contributed by atoms with van der Waals surface area (Å²) >= 11 is 5.71. The standard InChI is InChI=1S/C12H11ClFNO3/c13-7-3-4-9(14)8(6-7)11(16)15-5-1-2-10(15)12(17)18/h3-4,6,10H,1-2,5H2,(H,17,18)/t10-/m0/s1. The highest BCUT2D eigenvalue weighted by Gasteiger charge is 2.35. The second-order valence-corrected chi connectivity index (χ2v) is 4.56. The highest BCUT2D eigenvalue weighted by molar-refractivity contribution is 6.31. The summed E-state index contributed by atoms with van der Waals surface area (Å²) in [5.74, 6) is -2.39. The molecule has 1 aliphatic heterocycles. The first-order chi connectivity index (χ1) is 8.50. The van der Waals surface area contributed by atoms with Crippen LogP contribution >= 0.6 is 11.6 Å². The van der Waals surface area contributed by atoms with Crippen molar-refractivity contribution in [2.24, 2.45) is 0 Å². The minimum atomic E-state index is -1.07. The van der Waals surface area contributed by atoms with Crippen molar-refractivity contribution < 1.29 is 19.1 Å². The molecule has 1 atom stereocenters. The van der Waals surface area contributed by atoms with Crippen LogP contribution in [-0.4, -0.2) is 34.5 Å². The Morgan fingerprint density at radius 2 is 2.17 bits per heavy atom. The molecule has 4 nitrogen and oxygen atoms in total. The minimum Gasteiger partial charge on any atom is -0.480 e. The summed E-state index contributed by atoms with van der Waals surface area (Å²) in [5.41, 5.74) is -0.185. The number of halogens is 2. The van der Waals surface area contributed by atoms with Crippen LogP contribution in [0.4, 0.5) is 4.39 Å². The van der Waals surface area contributed by atoms with E-state index >= 15 is 0 Å². The predicted octanol–water partition coefficient (Wildman–Crippen LogP) is 2.17. The molecule has 2 rings (SSSR count). The third kappa shape index (κ3) is 2.31. The number of aliphatic carboxylic acids is 1. The third-order valence-corrected chi connectivity index (χ3v) is 3.19. The van der Waals surface area contributed by atoms with Gasteiger partial charge < -0.3 is 10.0 Å². The Bertz CT molecular complexity index is 506. The van der Waals surface area contributed by atoms with Crippen LogP contribution in [0.5, 0.6) is 0 Å². The SMILES string of the molecule is O=C(O)[C@@H]1CCCN1C(=O)c1cc(Cl)ccc1F. The van der Waals surface area contributed by atoms with Gasteiger partial charge in [0.05, 0.1) is 5.56 Å². The molecule has 0 spiro atoms. The number of hydrogen-bond donors (Lipinski definition) is 1. The van der Waals surface area contributed by atoms with Crippen molar-refractivity contribution in [1.82, 2.24) is 4.90 Å². The lowest BCUT2D eigenvalue weighted by atomic mass is 10.1. The molecule has 18 heavy (non-hydrogen) atoms. The van der Waals surface area contributed by atoms with Crippen LogP contribution in [0.3, 0.4) is 0 Å². The Morgan fingerprint density at radius 3 is 2.83 bits per heavy atom. The normalized spacial score (nSPS) is 19.0. The lowest BCUT2D eigenvalue weighted by Gasteiger charge is -2.21. The van der Waals surface area contributed by atoms with Gasteiger partial charge in [-0.05, 0) is 31.0 Å². The number of hydrogen-bond acceptors (Lipinski definition) is 2. The van der Waals surface area contributed by atoms with E-state index in [0.717, 1.165) is 6.07 Å². The van der Waals surface area contributed by atoms with Crippen molar-refractivity contribution in [3.05, 3.63) is 34.6 Å². The Balaban J connectivity index is 2.31. The van der Waals surface area contributed by atoms with Crippen LogP contribution in [0.2, 0.25) is 5.02 Å². The fourth-order valence-corrected chi connectivity index (χ4v) is 2.25. The van der Waals surface area contributed by atoms with Gasteiger partial charge in [-0.2, -0.15) is 0 Å². The zero-order valence-electron chi connectivity index (χ0n) is 9.40. The van der Waals surface area contributed by atoms with Gasteiger partial charge in [-0.1, -0.05) is 11.6 Å². The summed E-state index contributed by atoms with van der Waals surface area (Å²) < 4.78 is 13.5. The molecule has 1 N–H and O–H groups in total. The van der Waals surface area contributed by atoms with Gasteiger partial charge in [0, 0.05) is 11.6 Å². The van der Waals surface area contributed by atoms with Gasteiger partial charge in [-0.25, -0.2) is 9.18 Å². The van der Waals surface area contributed by atoms with E-state index in [-0.39, 0.29) is 10.6 Å². The Kier molecular flexibility index (Phi) is 3.52. The van der Waals surface area contributed by atoms with E-state index in [1.165, 1.54) is 17.0 Å². The molecule has 1 aromatic rings. The van der Waals surface area contributed by atoms with E-state index in [1.807, 2.05) is 0 Å². The quantitative estimate of drug-likeness (QED) is 0.897. The summed E-state index contributed by atoms with van der Waals surface area (Å²) in [7, 11) is 0. The van der Waals surface area contributed by atoms with Gasteiger partial charge in [0.25, 0.3) is 5.91 Å². The zero-order valence-corrected chi connectivity index (χ0v) is 10.2. The highest BCUT2D eigenvalue weighted by atomic mass is 35.5. The maximum absolute atomic E-state index is 13.5. The van der Waals surface area contributed by atoms with Gasteiger partial charge >= 0.3 is 5.97 Å². The smallest absolute Gasteiger partial charge is 0.326 e. The number of carboxylic acids is 1. The maximum atomic E-state index is 13.5. The molecule has 0 saturated carbocycles. The van der Waals surface area contributed by atoms with Gasteiger partial charge in [-0.15, -0.1) is 0 Å².